The van der Waals surface area contributed by atoms with Crippen molar-refractivity contribution in [2.75, 3.05) is 11.0 Å². The number of nitrogens with one attached hydrogen (secondary N) is 2. The van der Waals surface area contributed by atoms with Crippen LogP contribution >= 0.6 is 0 Å². The lowest BCUT2D eigenvalue weighted by atomic mass is 9.97. The monoisotopic (exact) mass is 429 g/mol. The first-order valence-corrected chi connectivity index (χ1v) is 11.4. The Morgan fingerprint density at radius 2 is 1.74 bits per heavy atom. The first kappa shape index (κ1) is 20.4. The normalized spacial score (nSPS) is 11.0. The SMILES string of the molecule is CC(=O)c1ccccc1-c1ccc2nc(C#Cc3ccc(NS(C)(=O)=O)cc3)[nH]c2c1. The number of sulfonamides is 1. The van der Waals surface area contributed by atoms with Crippen molar-refractivity contribution in [1.29, 1.82) is 0 Å². The minimum atomic E-state index is -3.31. The van der Waals surface area contributed by atoms with Gasteiger partial charge in [0.1, 0.15) is 0 Å². The van der Waals surface area contributed by atoms with Gasteiger partial charge in [-0.2, -0.15) is 0 Å². The van der Waals surface area contributed by atoms with E-state index in [2.05, 4.69) is 26.5 Å². The Morgan fingerprint density at radius 1 is 1.00 bits per heavy atom. The largest absolute Gasteiger partial charge is 0.331 e. The molecule has 0 aliphatic carbocycles. The standard InChI is InChI=1S/C24H19N3O3S/c1-16(28)20-5-3-4-6-21(20)18-10-13-22-23(15-18)26-24(25-22)14-9-17-7-11-19(12-8-17)27-31(2,29)30/h3-8,10-13,15,27H,1-2H3,(H,25,26). The molecule has 31 heavy (non-hydrogen) atoms. The highest BCUT2D eigenvalue weighted by Crippen LogP contribution is 2.27. The average Bonchev–Trinajstić information content (AvgIpc) is 3.14. The number of aromatic nitrogens is 2. The molecule has 0 saturated heterocycles. The molecule has 6 nitrogen and oxygen atoms in total. The van der Waals surface area contributed by atoms with Gasteiger partial charge in [0, 0.05) is 16.8 Å². The number of nitrogens with zero attached hydrogens (tertiary/aromatic N) is 1. The molecule has 0 bridgehead atoms. The minimum absolute atomic E-state index is 0.0182. The van der Waals surface area contributed by atoms with Gasteiger partial charge in [-0.3, -0.25) is 9.52 Å². The number of aromatic amines is 1. The molecule has 0 unspecified atom stereocenters. The summed E-state index contributed by atoms with van der Waals surface area (Å²) < 4.78 is 25.0. The first-order chi connectivity index (χ1) is 14.8. The third-order valence-electron chi connectivity index (χ3n) is 4.61. The van der Waals surface area contributed by atoms with Crippen LogP contribution in [-0.2, 0) is 10.0 Å². The van der Waals surface area contributed by atoms with E-state index < -0.39 is 10.0 Å². The van der Waals surface area contributed by atoms with Gasteiger partial charge in [-0.25, -0.2) is 13.4 Å². The summed E-state index contributed by atoms with van der Waals surface area (Å²) in [5.41, 5.74) is 5.30. The highest BCUT2D eigenvalue weighted by molar-refractivity contribution is 7.92. The Balaban J connectivity index is 1.61. The van der Waals surface area contributed by atoms with Crippen LogP contribution in [-0.4, -0.2) is 30.4 Å². The van der Waals surface area contributed by atoms with E-state index in [4.69, 9.17) is 0 Å². The van der Waals surface area contributed by atoms with Crippen LogP contribution in [0.3, 0.4) is 0 Å². The number of hydrogen-bond donors (Lipinski definition) is 2. The van der Waals surface area contributed by atoms with E-state index in [9.17, 15) is 13.2 Å². The molecule has 1 heterocycles. The Bertz CT molecular complexity index is 1460. The van der Waals surface area contributed by atoms with Crippen molar-refractivity contribution < 1.29 is 13.2 Å². The molecule has 4 aromatic rings. The molecule has 0 spiro atoms. The van der Waals surface area contributed by atoms with E-state index in [1.54, 1.807) is 31.2 Å². The second-order valence-corrected chi connectivity index (χ2v) is 8.87. The summed E-state index contributed by atoms with van der Waals surface area (Å²) in [5, 5.41) is 0. The molecule has 4 rings (SSSR count). The van der Waals surface area contributed by atoms with Crippen molar-refractivity contribution in [1.82, 2.24) is 9.97 Å². The van der Waals surface area contributed by atoms with E-state index in [0.717, 1.165) is 34.0 Å². The summed E-state index contributed by atoms with van der Waals surface area (Å²) in [6.07, 6.45) is 1.10. The summed E-state index contributed by atoms with van der Waals surface area (Å²) in [5.74, 6) is 6.55. The average molecular weight is 430 g/mol. The van der Waals surface area contributed by atoms with Gasteiger partial charge in [-0.05, 0) is 60.4 Å². The van der Waals surface area contributed by atoms with Gasteiger partial charge in [-0.1, -0.05) is 36.3 Å². The quantitative estimate of drug-likeness (QED) is 0.376. The topological polar surface area (TPSA) is 91.9 Å². The third-order valence-corrected chi connectivity index (χ3v) is 5.22. The van der Waals surface area contributed by atoms with Gasteiger partial charge in [0.05, 0.1) is 17.3 Å². The minimum Gasteiger partial charge on any atom is -0.331 e. The first-order valence-electron chi connectivity index (χ1n) is 9.48. The Labute approximate surface area is 180 Å². The van der Waals surface area contributed by atoms with Crippen LogP contribution in [0.1, 0.15) is 28.7 Å². The fourth-order valence-electron chi connectivity index (χ4n) is 3.25. The van der Waals surface area contributed by atoms with E-state index in [-0.39, 0.29) is 5.78 Å². The molecule has 3 aromatic carbocycles. The number of Topliss-reactive ketones (excluding diaryl/α,β-unsaturated/α-hetero) is 1. The number of imidazole rings is 1. The molecule has 0 radical (unpaired) electrons. The lowest BCUT2D eigenvalue weighted by Crippen LogP contribution is -2.09. The zero-order chi connectivity index (χ0) is 22.0. The van der Waals surface area contributed by atoms with Crippen LogP contribution in [0.25, 0.3) is 22.2 Å². The van der Waals surface area contributed by atoms with Gasteiger partial charge in [0.25, 0.3) is 0 Å². The van der Waals surface area contributed by atoms with Crippen molar-refractivity contribution in [3.05, 3.63) is 83.7 Å². The van der Waals surface area contributed by atoms with Gasteiger partial charge in [0.2, 0.25) is 10.0 Å². The molecule has 1 aromatic heterocycles. The van der Waals surface area contributed by atoms with Gasteiger partial charge in [0.15, 0.2) is 11.6 Å². The molecule has 7 heteroatoms. The number of carbonyl (C=O) groups is 1. The van der Waals surface area contributed by atoms with Crippen molar-refractivity contribution in [2.24, 2.45) is 0 Å². The van der Waals surface area contributed by atoms with Gasteiger partial charge in [-0.15, -0.1) is 0 Å². The maximum absolute atomic E-state index is 11.9. The second-order valence-electron chi connectivity index (χ2n) is 7.12. The molecule has 0 atom stereocenters. The predicted molar refractivity (Wildman–Crippen MR) is 122 cm³/mol. The highest BCUT2D eigenvalue weighted by Gasteiger charge is 2.10. The number of ketones is 1. The van der Waals surface area contributed by atoms with Crippen molar-refractivity contribution >= 4 is 32.5 Å². The molecule has 154 valence electrons. The molecular weight excluding hydrogens is 410 g/mol. The maximum atomic E-state index is 11.9. The molecule has 0 aliphatic heterocycles. The number of carbonyl (C=O) groups excluding carboxylic acids is 1. The van der Waals surface area contributed by atoms with E-state index in [1.807, 2.05) is 42.5 Å². The number of benzene rings is 3. The Hall–Kier alpha value is -3.89. The van der Waals surface area contributed by atoms with Gasteiger partial charge >= 0.3 is 0 Å². The number of anilines is 1. The fraction of sp³-hybridized carbons (Fsp3) is 0.0833. The zero-order valence-corrected chi connectivity index (χ0v) is 17.7. The van der Waals surface area contributed by atoms with E-state index >= 15 is 0 Å². The van der Waals surface area contributed by atoms with Gasteiger partial charge < -0.3 is 4.98 Å². The van der Waals surface area contributed by atoms with Crippen LogP contribution in [0.5, 0.6) is 0 Å². The fourth-order valence-corrected chi connectivity index (χ4v) is 3.81. The van der Waals surface area contributed by atoms with Crippen LogP contribution in [0.4, 0.5) is 5.69 Å². The molecule has 0 fully saturated rings. The molecular formula is C24H19N3O3S. The van der Waals surface area contributed by atoms with Crippen molar-refractivity contribution in [2.45, 2.75) is 6.92 Å². The second kappa shape index (κ2) is 8.09. The summed E-state index contributed by atoms with van der Waals surface area (Å²) in [6.45, 7) is 1.56. The van der Waals surface area contributed by atoms with Crippen molar-refractivity contribution in [3.8, 4) is 23.0 Å². The summed E-state index contributed by atoms with van der Waals surface area (Å²) in [6, 6.07) is 20.1. The van der Waals surface area contributed by atoms with E-state index in [1.165, 1.54) is 0 Å². The molecule has 0 amide bonds. The Kier molecular flexibility index (Phi) is 5.32. The predicted octanol–water partition coefficient (Wildman–Crippen LogP) is 4.20. The lowest BCUT2D eigenvalue weighted by molar-refractivity contribution is 0.101. The number of H-pyrrole nitrogens is 1. The highest BCUT2D eigenvalue weighted by atomic mass is 32.2. The van der Waals surface area contributed by atoms with Crippen molar-refractivity contribution in [3.63, 3.8) is 0 Å². The molecule has 2 N–H and O–H groups in total. The summed E-state index contributed by atoms with van der Waals surface area (Å²) >= 11 is 0. The molecule has 0 saturated carbocycles. The van der Waals surface area contributed by atoms with E-state index in [0.29, 0.717) is 17.1 Å². The maximum Gasteiger partial charge on any atom is 0.229 e. The van der Waals surface area contributed by atoms with Crippen LogP contribution in [0, 0.1) is 11.8 Å². The number of fused-ring (bicyclic) bond motifs is 1. The summed E-state index contributed by atoms with van der Waals surface area (Å²) in [4.78, 5) is 19.6. The van der Waals surface area contributed by atoms with Crippen LogP contribution in [0.15, 0.2) is 66.7 Å². The zero-order valence-electron chi connectivity index (χ0n) is 16.9. The van der Waals surface area contributed by atoms with Crippen LogP contribution < -0.4 is 4.72 Å². The smallest absolute Gasteiger partial charge is 0.229 e. The molecule has 0 aliphatic rings. The lowest BCUT2D eigenvalue weighted by Gasteiger charge is -2.06. The number of hydrogen-bond acceptors (Lipinski definition) is 4. The van der Waals surface area contributed by atoms with Crippen LogP contribution in [0.2, 0.25) is 0 Å². The number of rotatable bonds is 4. The third kappa shape index (κ3) is 4.82. The summed E-state index contributed by atoms with van der Waals surface area (Å²) in [7, 11) is -3.31. The Morgan fingerprint density at radius 3 is 2.45 bits per heavy atom.